The third-order valence-electron chi connectivity index (χ3n) is 5.52. The fraction of sp³-hybridized carbons (Fsp3) is 1.00. The van der Waals surface area contributed by atoms with Crippen LogP contribution in [0.3, 0.4) is 0 Å². The quantitative estimate of drug-likeness (QED) is 0.848. The second-order valence-electron chi connectivity index (χ2n) is 7.61. The molecule has 2 heterocycles. The van der Waals surface area contributed by atoms with E-state index in [0.29, 0.717) is 11.0 Å². The largest absolute Gasteiger partial charge is 0.381 e. The highest BCUT2D eigenvalue weighted by molar-refractivity contribution is 5.01. The first-order chi connectivity index (χ1) is 9.10. The van der Waals surface area contributed by atoms with Crippen molar-refractivity contribution in [3.8, 4) is 0 Å². The zero-order valence-corrected chi connectivity index (χ0v) is 12.7. The summed E-state index contributed by atoms with van der Waals surface area (Å²) < 4.78 is 5.54. The minimum absolute atomic E-state index is 0.373. The van der Waals surface area contributed by atoms with Crippen LogP contribution in [-0.4, -0.2) is 49.8 Å². The van der Waals surface area contributed by atoms with Crippen molar-refractivity contribution in [2.75, 3.05) is 39.4 Å². The second kappa shape index (κ2) is 5.34. The molecule has 0 radical (unpaired) electrons. The lowest BCUT2D eigenvalue weighted by molar-refractivity contribution is 0.00222. The maximum Gasteiger partial charge on any atom is 0.0471 e. The highest BCUT2D eigenvalue weighted by Gasteiger charge is 2.43. The molecule has 1 saturated carbocycles. The van der Waals surface area contributed by atoms with Gasteiger partial charge < -0.3 is 15.0 Å². The minimum Gasteiger partial charge on any atom is -0.381 e. The van der Waals surface area contributed by atoms with E-state index in [9.17, 15) is 0 Å². The molecular weight excluding hydrogens is 236 g/mol. The lowest BCUT2D eigenvalue weighted by Gasteiger charge is -2.41. The van der Waals surface area contributed by atoms with E-state index in [1.165, 1.54) is 58.3 Å². The third-order valence-corrected chi connectivity index (χ3v) is 5.52. The van der Waals surface area contributed by atoms with Crippen molar-refractivity contribution in [3.05, 3.63) is 0 Å². The fourth-order valence-corrected chi connectivity index (χ4v) is 3.97. The van der Waals surface area contributed by atoms with Crippen molar-refractivity contribution in [2.24, 2.45) is 11.3 Å². The normalized spacial score (nSPS) is 36.9. The van der Waals surface area contributed by atoms with Crippen molar-refractivity contribution in [1.29, 1.82) is 0 Å². The monoisotopic (exact) mass is 266 g/mol. The zero-order chi connectivity index (χ0) is 13.3. The van der Waals surface area contributed by atoms with Crippen LogP contribution in [0.15, 0.2) is 0 Å². The molecule has 1 unspecified atom stereocenters. The molecule has 0 bridgehead atoms. The SMILES string of the molecule is CC1(CN2CCCNC(C)(C3CC3)C2)CCOCC1. The Morgan fingerprint density at radius 1 is 1.21 bits per heavy atom. The average molecular weight is 266 g/mol. The minimum atomic E-state index is 0.373. The molecule has 1 N–H and O–H groups in total. The summed E-state index contributed by atoms with van der Waals surface area (Å²) in [6, 6.07) is 0. The van der Waals surface area contributed by atoms with Gasteiger partial charge in [-0.05, 0) is 63.5 Å². The number of rotatable bonds is 3. The van der Waals surface area contributed by atoms with E-state index in [2.05, 4.69) is 24.1 Å². The molecule has 0 aromatic rings. The Hall–Kier alpha value is -0.120. The van der Waals surface area contributed by atoms with E-state index >= 15 is 0 Å². The lowest BCUT2D eigenvalue weighted by atomic mass is 9.81. The standard InChI is InChI=1S/C16H30N2O/c1-15(6-10-19-11-7-15)12-18-9-3-8-17-16(2,13-18)14-4-5-14/h14,17H,3-13H2,1-2H3. The highest BCUT2D eigenvalue weighted by atomic mass is 16.5. The number of nitrogens with one attached hydrogen (secondary N) is 1. The first-order valence-corrected chi connectivity index (χ1v) is 8.15. The van der Waals surface area contributed by atoms with E-state index in [1.807, 2.05) is 0 Å². The van der Waals surface area contributed by atoms with E-state index in [-0.39, 0.29) is 0 Å². The average Bonchev–Trinajstić information content (AvgIpc) is 3.18. The lowest BCUT2D eigenvalue weighted by Crippen LogP contribution is -2.52. The van der Waals surface area contributed by atoms with Crippen LogP contribution in [0.5, 0.6) is 0 Å². The fourth-order valence-electron chi connectivity index (χ4n) is 3.97. The summed E-state index contributed by atoms with van der Waals surface area (Å²) in [5.74, 6) is 0.926. The highest BCUT2D eigenvalue weighted by Crippen LogP contribution is 2.41. The van der Waals surface area contributed by atoms with Gasteiger partial charge in [0.05, 0.1) is 0 Å². The number of nitrogens with zero attached hydrogens (tertiary/aromatic N) is 1. The Labute approximate surface area is 118 Å². The van der Waals surface area contributed by atoms with Gasteiger partial charge in [-0.2, -0.15) is 0 Å². The smallest absolute Gasteiger partial charge is 0.0471 e. The molecule has 0 aromatic heterocycles. The van der Waals surface area contributed by atoms with Crippen LogP contribution in [0, 0.1) is 11.3 Å². The summed E-state index contributed by atoms with van der Waals surface area (Å²) in [5.41, 5.74) is 0.852. The molecule has 1 atom stereocenters. The van der Waals surface area contributed by atoms with E-state index < -0.39 is 0 Å². The summed E-state index contributed by atoms with van der Waals surface area (Å²) >= 11 is 0. The topological polar surface area (TPSA) is 24.5 Å². The van der Waals surface area contributed by atoms with Crippen LogP contribution in [0.4, 0.5) is 0 Å². The molecule has 19 heavy (non-hydrogen) atoms. The second-order valence-corrected chi connectivity index (χ2v) is 7.61. The Balaban J connectivity index is 1.62. The van der Waals surface area contributed by atoms with Gasteiger partial charge in [-0.15, -0.1) is 0 Å². The van der Waals surface area contributed by atoms with Gasteiger partial charge in [0.25, 0.3) is 0 Å². The van der Waals surface area contributed by atoms with Crippen LogP contribution in [0.25, 0.3) is 0 Å². The predicted octanol–water partition coefficient (Wildman–Crippen LogP) is 2.27. The van der Waals surface area contributed by atoms with Gasteiger partial charge in [0.15, 0.2) is 0 Å². The maximum atomic E-state index is 5.54. The van der Waals surface area contributed by atoms with Crippen LogP contribution < -0.4 is 5.32 Å². The Kier molecular flexibility index (Phi) is 3.89. The van der Waals surface area contributed by atoms with Crippen molar-refractivity contribution in [2.45, 2.75) is 51.5 Å². The first kappa shape index (κ1) is 13.8. The van der Waals surface area contributed by atoms with E-state index in [1.54, 1.807) is 0 Å². The van der Waals surface area contributed by atoms with Crippen molar-refractivity contribution in [3.63, 3.8) is 0 Å². The van der Waals surface area contributed by atoms with Crippen molar-refractivity contribution in [1.82, 2.24) is 10.2 Å². The first-order valence-electron chi connectivity index (χ1n) is 8.15. The number of hydrogen-bond donors (Lipinski definition) is 1. The van der Waals surface area contributed by atoms with Gasteiger partial charge in [0, 0.05) is 31.8 Å². The number of hydrogen-bond acceptors (Lipinski definition) is 3. The summed E-state index contributed by atoms with van der Waals surface area (Å²) in [6.45, 7) is 11.8. The zero-order valence-electron chi connectivity index (χ0n) is 12.7. The van der Waals surface area contributed by atoms with Crippen LogP contribution >= 0.6 is 0 Å². The molecule has 0 spiro atoms. The number of ether oxygens (including phenoxy) is 1. The molecule has 3 nitrogen and oxygen atoms in total. The van der Waals surface area contributed by atoms with Gasteiger partial charge >= 0.3 is 0 Å². The van der Waals surface area contributed by atoms with Gasteiger partial charge in [-0.1, -0.05) is 6.92 Å². The summed E-state index contributed by atoms with van der Waals surface area (Å²) in [4.78, 5) is 2.74. The maximum absolute atomic E-state index is 5.54. The van der Waals surface area contributed by atoms with Crippen LogP contribution in [0.2, 0.25) is 0 Å². The predicted molar refractivity (Wildman–Crippen MR) is 78.3 cm³/mol. The van der Waals surface area contributed by atoms with Crippen molar-refractivity contribution < 1.29 is 4.74 Å². The Morgan fingerprint density at radius 2 is 1.95 bits per heavy atom. The summed E-state index contributed by atoms with van der Waals surface area (Å²) in [7, 11) is 0. The molecule has 1 aliphatic carbocycles. The Bertz CT molecular complexity index is 310. The molecule has 0 amide bonds. The van der Waals surface area contributed by atoms with Gasteiger partial charge in [-0.3, -0.25) is 0 Å². The molecule has 110 valence electrons. The van der Waals surface area contributed by atoms with Crippen LogP contribution in [-0.2, 0) is 4.74 Å². The summed E-state index contributed by atoms with van der Waals surface area (Å²) in [5, 5.41) is 3.83. The molecule has 2 aliphatic heterocycles. The molecule has 0 aromatic carbocycles. The Morgan fingerprint density at radius 3 is 2.63 bits per heavy atom. The molecule has 3 fully saturated rings. The van der Waals surface area contributed by atoms with E-state index in [4.69, 9.17) is 4.74 Å². The summed E-state index contributed by atoms with van der Waals surface area (Å²) in [6.07, 6.45) is 6.63. The van der Waals surface area contributed by atoms with E-state index in [0.717, 1.165) is 19.1 Å². The third kappa shape index (κ3) is 3.32. The molecule has 2 saturated heterocycles. The molecule has 3 heteroatoms. The van der Waals surface area contributed by atoms with Crippen LogP contribution in [0.1, 0.15) is 46.0 Å². The van der Waals surface area contributed by atoms with Crippen molar-refractivity contribution >= 4 is 0 Å². The molecule has 3 aliphatic rings. The molecule has 3 rings (SSSR count). The molecular formula is C16H30N2O. The van der Waals surface area contributed by atoms with Gasteiger partial charge in [0.1, 0.15) is 0 Å². The van der Waals surface area contributed by atoms with Gasteiger partial charge in [0.2, 0.25) is 0 Å². The van der Waals surface area contributed by atoms with Gasteiger partial charge in [-0.25, -0.2) is 0 Å².